The predicted molar refractivity (Wildman–Crippen MR) is 121 cm³/mol. The van der Waals surface area contributed by atoms with Gasteiger partial charge in [0.15, 0.2) is 0 Å². The lowest BCUT2D eigenvalue weighted by atomic mass is 10.2. The maximum atomic E-state index is 13.8. The molecule has 0 atom stereocenters. The van der Waals surface area contributed by atoms with Crippen molar-refractivity contribution in [2.45, 2.75) is 20.0 Å². The van der Waals surface area contributed by atoms with Crippen LogP contribution in [0.1, 0.15) is 26.4 Å². The van der Waals surface area contributed by atoms with E-state index in [1.807, 2.05) is 0 Å². The van der Waals surface area contributed by atoms with E-state index in [-0.39, 0.29) is 28.3 Å². The van der Waals surface area contributed by atoms with Crippen LogP contribution >= 0.6 is 27.3 Å². The summed E-state index contributed by atoms with van der Waals surface area (Å²) in [5, 5.41) is 11.9. The van der Waals surface area contributed by atoms with E-state index >= 15 is 0 Å². The van der Waals surface area contributed by atoms with Gasteiger partial charge in [-0.1, -0.05) is 12.1 Å². The van der Waals surface area contributed by atoms with E-state index in [4.69, 9.17) is 0 Å². The molecule has 0 fully saturated rings. The Labute approximate surface area is 192 Å². The highest BCUT2D eigenvalue weighted by Gasteiger charge is 2.18. The van der Waals surface area contributed by atoms with Gasteiger partial charge in [0.2, 0.25) is 5.88 Å². The molecule has 0 aliphatic rings. The van der Waals surface area contributed by atoms with Crippen molar-refractivity contribution in [2.24, 2.45) is 0 Å². The summed E-state index contributed by atoms with van der Waals surface area (Å²) in [5.41, 5.74) is 0.347. The minimum absolute atomic E-state index is 0.100. The molecule has 0 unspecified atom stereocenters. The molecule has 1 amide bonds. The van der Waals surface area contributed by atoms with Crippen molar-refractivity contribution in [3.8, 4) is 5.88 Å². The molecule has 3 heterocycles. The summed E-state index contributed by atoms with van der Waals surface area (Å²) in [6.45, 7) is 1.66. The number of benzene rings is 1. The summed E-state index contributed by atoms with van der Waals surface area (Å²) in [7, 11) is 0. The minimum Gasteiger partial charge on any atom is -0.493 e. The van der Waals surface area contributed by atoms with Crippen LogP contribution in [0.3, 0.4) is 0 Å². The number of hydrogen-bond acceptors (Lipinski definition) is 6. The van der Waals surface area contributed by atoms with Gasteiger partial charge >= 0.3 is 5.69 Å². The largest absolute Gasteiger partial charge is 0.493 e. The maximum absolute atomic E-state index is 13.8. The fraction of sp³-hybridized carbons (Fsp3) is 0.143. The molecule has 32 heavy (non-hydrogen) atoms. The van der Waals surface area contributed by atoms with E-state index in [2.05, 4.69) is 26.2 Å². The third kappa shape index (κ3) is 4.21. The fourth-order valence-corrected chi connectivity index (χ4v) is 4.37. The number of fused-ring (bicyclic) bond motifs is 1. The second-order valence-electron chi connectivity index (χ2n) is 7.03. The van der Waals surface area contributed by atoms with Gasteiger partial charge in [-0.05, 0) is 46.1 Å². The Balaban J connectivity index is 1.65. The first-order valence-corrected chi connectivity index (χ1v) is 11.0. The highest BCUT2D eigenvalue weighted by atomic mass is 79.9. The number of carbonyl (C=O) groups excluding carboxylic acids is 1. The van der Waals surface area contributed by atoms with Crippen LogP contribution < -0.4 is 16.6 Å². The molecule has 4 aromatic rings. The van der Waals surface area contributed by atoms with E-state index in [0.29, 0.717) is 21.5 Å². The zero-order valence-corrected chi connectivity index (χ0v) is 19.0. The maximum Gasteiger partial charge on any atom is 0.336 e. The molecule has 2 N–H and O–H groups in total. The van der Waals surface area contributed by atoms with Gasteiger partial charge in [-0.3, -0.25) is 18.6 Å². The summed E-state index contributed by atoms with van der Waals surface area (Å²) in [6.07, 6.45) is 2.82. The first kappa shape index (κ1) is 21.9. The second-order valence-corrected chi connectivity index (χ2v) is 8.91. The summed E-state index contributed by atoms with van der Waals surface area (Å²) in [4.78, 5) is 42.7. The van der Waals surface area contributed by atoms with E-state index in [1.165, 1.54) is 35.0 Å². The highest BCUT2D eigenvalue weighted by molar-refractivity contribution is 9.10. The Morgan fingerprint density at radius 3 is 2.69 bits per heavy atom. The normalized spacial score (nSPS) is 11.1. The van der Waals surface area contributed by atoms with Crippen LogP contribution in [0.2, 0.25) is 0 Å². The van der Waals surface area contributed by atoms with Crippen LogP contribution in [0, 0.1) is 12.7 Å². The van der Waals surface area contributed by atoms with E-state index in [9.17, 15) is 23.9 Å². The van der Waals surface area contributed by atoms with Crippen LogP contribution in [-0.2, 0) is 13.1 Å². The number of nitrogens with zero attached hydrogens (tertiary/aromatic N) is 3. The number of rotatable bonds is 5. The van der Waals surface area contributed by atoms with Gasteiger partial charge in [0.05, 0.1) is 11.0 Å². The van der Waals surface area contributed by atoms with Crippen molar-refractivity contribution in [3.05, 3.63) is 95.4 Å². The van der Waals surface area contributed by atoms with Crippen LogP contribution in [0.15, 0.2) is 56.8 Å². The number of halogens is 2. The van der Waals surface area contributed by atoms with Crippen LogP contribution in [-0.4, -0.2) is 25.0 Å². The van der Waals surface area contributed by atoms with E-state index in [1.54, 1.807) is 19.1 Å². The Morgan fingerprint density at radius 2 is 2.00 bits per heavy atom. The second kappa shape index (κ2) is 8.67. The zero-order chi connectivity index (χ0) is 23.0. The molecule has 8 nitrogen and oxygen atoms in total. The predicted octanol–water partition coefficient (Wildman–Crippen LogP) is 2.81. The molecule has 11 heteroatoms. The summed E-state index contributed by atoms with van der Waals surface area (Å²) >= 11 is 4.11. The molecule has 0 saturated carbocycles. The standard InChI is InChI=1S/C21H16BrFN4O4S/c1-11-19(30)26(9-12-2-4-14(22)15(23)6-12)21(31)27-10-16(32-20(11)27)18(29)25-8-13-3-5-17(28)24-7-13/h2-7,10H,8-9H2,1H3,(H,24,28)(H,25,29). The van der Waals surface area contributed by atoms with Crippen molar-refractivity contribution >= 4 is 38.0 Å². The molecule has 0 aliphatic carbocycles. The third-order valence-electron chi connectivity index (χ3n) is 4.81. The Hall–Kier alpha value is -3.31. The quantitative estimate of drug-likeness (QED) is 0.422. The van der Waals surface area contributed by atoms with Crippen LogP contribution in [0.25, 0.3) is 4.83 Å². The average molecular weight is 519 g/mol. The average Bonchev–Trinajstić information content (AvgIpc) is 3.23. The molecular weight excluding hydrogens is 503 g/mol. The van der Waals surface area contributed by atoms with Crippen molar-refractivity contribution in [2.75, 3.05) is 0 Å². The molecular formula is C21H16BrFN4O4S. The van der Waals surface area contributed by atoms with Gasteiger partial charge in [-0.25, -0.2) is 14.2 Å². The number of aryl methyl sites for hydroxylation is 1. The van der Waals surface area contributed by atoms with Gasteiger partial charge in [0.1, 0.15) is 15.5 Å². The lowest BCUT2D eigenvalue weighted by molar-refractivity contribution is 0.0954. The third-order valence-corrected chi connectivity index (χ3v) is 6.66. The molecule has 0 radical (unpaired) electrons. The minimum atomic E-state index is -0.614. The monoisotopic (exact) mass is 518 g/mol. The van der Waals surface area contributed by atoms with Crippen molar-refractivity contribution < 1.29 is 14.3 Å². The van der Waals surface area contributed by atoms with Gasteiger partial charge in [0, 0.05) is 30.6 Å². The molecule has 0 saturated heterocycles. The smallest absolute Gasteiger partial charge is 0.336 e. The van der Waals surface area contributed by atoms with Gasteiger partial charge in [-0.15, -0.1) is 11.3 Å². The first-order chi connectivity index (χ1) is 15.2. The molecule has 3 aromatic heterocycles. The fourth-order valence-electron chi connectivity index (χ4n) is 3.12. The SMILES string of the molecule is Cc1c(=O)n(Cc2ccc(Br)c(F)c2)c(=O)n2cc(C(=O)NCc3ccc(O)nc3)sc12. The number of aromatic nitrogens is 3. The summed E-state index contributed by atoms with van der Waals surface area (Å²) < 4.78 is 16.4. The van der Waals surface area contributed by atoms with Gasteiger partial charge < -0.3 is 10.4 Å². The highest BCUT2D eigenvalue weighted by Crippen LogP contribution is 2.19. The van der Waals surface area contributed by atoms with Crippen LogP contribution in [0.5, 0.6) is 5.88 Å². The van der Waals surface area contributed by atoms with Crippen molar-refractivity contribution in [1.29, 1.82) is 0 Å². The van der Waals surface area contributed by atoms with Crippen molar-refractivity contribution in [1.82, 2.24) is 19.3 Å². The molecule has 4 rings (SSSR count). The number of aromatic hydroxyl groups is 1. The summed E-state index contributed by atoms with van der Waals surface area (Å²) in [5.74, 6) is -1.03. The van der Waals surface area contributed by atoms with E-state index in [0.717, 1.165) is 15.9 Å². The van der Waals surface area contributed by atoms with Gasteiger partial charge in [-0.2, -0.15) is 0 Å². The van der Waals surface area contributed by atoms with E-state index < -0.39 is 23.0 Å². The Morgan fingerprint density at radius 1 is 1.25 bits per heavy atom. The number of hydrogen-bond donors (Lipinski definition) is 2. The zero-order valence-electron chi connectivity index (χ0n) is 16.6. The molecule has 164 valence electrons. The topological polar surface area (TPSA) is 106 Å². The van der Waals surface area contributed by atoms with Crippen molar-refractivity contribution in [3.63, 3.8) is 0 Å². The molecule has 0 aliphatic heterocycles. The molecule has 1 aromatic carbocycles. The molecule has 0 bridgehead atoms. The Bertz CT molecular complexity index is 1460. The first-order valence-electron chi connectivity index (χ1n) is 9.36. The summed E-state index contributed by atoms with van der Waals surface area (Å²) in [6, 6.07) is 7.42. The lowest BCUT2D eigenvalue weighted by Gasteiger charge is -2.08. The number of carbonyl (C=O) groups is 1. The molecule has 0 spiro atoms. The van der Waals surface area contributed by atoms with Gasteiger partial charge in [0.25, 0.3) is 11.5 Å². The Kier molecular flexibility index (Phi) is 5.94. The number of thiazole rings is 1. The number of pyridine rings is 1. The number of nitrogens with one attached hydrogen (secondary N) is 1. The van der Waals surface area contributed by atoms with Crippen LogP contribution in [0.4, 0.5) is 4.39 Å². The lowest BCUT2D eigenvalue weighted by Crippen LogP contribution is -2.38. The number of amides is 1.